The molecule has 148 valence electrons. The van der Waals surface area contributed by atoms with Gasteiger partial charge in [0, 0.05) is 26.2 Å². The van der Waals surface area contributed by atoms with Crippen molar-refractivity contribution in [1.82, 2.24) is 15.1 Å². The Morgan fingerprint density at radius 1 is 1.07 bits per heavy atom. The van der Waals surface area contributed by atoms with Crippen LogP contribution in [0, 0.1) is 5.82 Å². The fourth-order valence-electron chi connectivity index (χ4n) is 2.71. The van der Waals surface area contributed by atoms with E-state index < -0.39 is 11.7 Å². The monoisotopic (exact) mass is 379 g/mol. The summed E-state index contributed by atoms with van der Waals surface area (Å²) in [6, 6.07) is 5.97. The maximum absolute atomic E-state index is 13.2. The Kier molecular flexibility index (Phi) is 6.76. The molecule has 7 nitrogen and oxygen atoms in total. The summed E-state index contributed by atoms with van der Waals surface area (Å²) in [5.74, 6) is -0.689. The number of benzene rings is 1. The molecule has 1 aromatic carbocycles. The van der Waals surface area contributed by atoms with E-state index in [-0.39, 0.29) is 30.6 Å². The van der Waals surface area contributed by atoms with Crippen molar-refractivity contribution in [2.45, 2.75) is 32.8 Å². The predicted octanol–water partition coefficient (Wildman–Crippen LogP) is 1.56. The highest BCUT2D eigenvalue weighted by atomic mass is 19.1. The molecular formula is C19H26FN3O4. The number of amides is 3. The summed E-state index contributed by atoms with van der Waals surface area (Å²) in [6.07, 6.45) is -0.508. The molecule has 0 radical (unpaired) electrons. The first-order chi connectivity index (χ1) is 12.6. The average molecular weight is 379 g/mol. The van der Waals surface area contributed by atoms with E-state index >= 15 is 0 Å². The van der Waals surface area contributed by atoms with E-state index in [0.29, 0.717) is 31.7 Å². The predicted molar refractivity (Wildman–Crippen MR) is 97.5 cm³/mol. The second-order valence-electron chi connectivity index (χ2n) is 7.42. The minimum Gasteiger partial charge on any atom is -0.444 e. The summed E-state index contributed by atoms with van der Waals surface area (Å²) < 4.78 is 18.3. The molecule has 0 unspecified atom stereocenters. The lowest BCUT2D eigenvalue weighted by atomic mass is 10.1. The molecule has 1 N–H and O–H groups in total. The van der Waals surface area contributed by atoms with Gasteiger partial charge in [-0.25, -0.2) is 9.18 Å². The van der Waals surface area contributed by atoms with Gasteiger partial charge in [0.15, 0.2) is 0 Å². The van der Waals surface area contributed by atoms with Gasteiger partial charge in [0.25, 0.3) is 0 Å². The van der Waals surface area contributed by atoms with Gasteiger partial charge >= 0.3 is 6.09 Å². The number of piperazine rings is 1. The van der Waals surface area contributed by atoms with Crippen molar-refractivity contribution in [3.63, 3.8) is 0 Å². The van der Waals surface area contributed by atoms with Crippen LogP contribution in [0.1, 0.15) is 26.3 Å². The summed E-state index contributed by atoms with van der Waals surface area (Å²) in [4.78, 5) is 39.4. The highest BCUT2D eigenvalue weighted by molar-refractivity contribution is 5.83. The largest absolute Gasteiger partial charge is 0.444 e. The first-order valence-electron chi connectivity index (χ1n) is 8.91. The van der Waals surface area contributed by atoms with Crippen LogP contribution < -0.4 is 5.32 Å². The Morgan fingerprint density at radius 3 is 2.22 bits per heavy atom. The van der Waals surface area contributed by atoms with Gasteiger partial charge in [0.1, 0.15) is 18.0 Å². The number of rotatable bonds is 4. The van der Waals surface area contributed by atoms with E-state index in [1.54, 1.807) is 42.7 Å². The van der Waals surface area contributed by atoms with E-state index in [1.165, 1.54) is 12.1 Å². The minimum absolute atomic E-state index is 0.0976. The normalized spacial score (nSPS) is 14.7. The molecule has 1 aliphatic heterocycles. The third kappa shape index (κ3) is 6.88. The number of alkyl carbamates (subject to hydrolysis) is 1. The molecule has 3 amide bonds. The van der Waals surface area contributed by atoms with Crippen LogP contribution in [-0.2, 0) is 20.7 Å². The van der Waals surface area contributed by atoms with E-state index in [9.17, 15) is 18.8 Å². The average Bonchev–Trinajstić information content (AvgIpc) is 2.58. The molecule has 1 aliphatic rings. The number of nitrogens with one attached hydrogen (secondary N) is 1. The van der Waals surface area contributed by atoms with Crippen LogP contribution in [-0.4, -0.2) is 66.0 Å². The quantitative estimate of drug-likeness (QED) is 0.861. The third-order valence-corrected chi connectivity index (χ3v) is 4.01. The zero-order chi connectivity index (χ0) is 20.0. The van der Waals surface area contributed by atoms with E-state index in [0.717, 1.165) is 0 Å². The van der Waals surface area contributed by atoms with Crippen molar-refractivity contribution >= 4 is 17.9 Å². The molecule has 0 bridgehead atoms. The number of hydrogen-bond donors (Lipinski definition) is 1. The van der Waals surface area contributed by atoms with Gasteiger partial charge in [-0.05, 0) is 38.5 Å². The van der Waals surface area contributed by atoms with Gasteiger partial charge in [-0.1, -0.05) is 12.1 Å². The van der Waals surface area contributed by atoms with Crippen LogP contribution in [0.2, 0.25) is 0 Å². The highest BCUT2D eigenvalue weighted by Gasteiger charge is 2.25. The second kappa shape index (κ2) is 8.83. The van der Waals surface area contributed by atoms with Crippen LogP contribution >= 0.6 is 0 Å². The zero-order valence-electron chi connectivity index (χ0n) is 16.0. The summed E-state index contributed by atoms with van der Waals surface area (Å²) in [6.45, 7) is 6.69. The van der Waals surface area contributed by atoms with Crippen LogP contribution in [0.5, 0.6) is 0 Å². The molecular weight excluding hydrogens is 353 g/mol. The summed E-state index contributed by atoms with van der Waals surface area (Å²) in [7, 11) is 0. The number of carbonyl (C=O) groups excluding carboxylic acids is 3. The molecule has 1 heterocycles. The van der Waals surface area contributed by atoms with Crippen LogP contribution in [0.3, 0.4) is 0 Å². The number of hydrogen-bond acceptors (Lipinski definition) is 4. The second-order valence-corrected chi connectivity index (χ2v) is 7.42. The lowest BCUT2D eigenvalue weighted by Gasteiger charge is -2.35. The number of carbonyl (C=O) groups is 3. The Labute approximate surface area is 158 Å². The first-order valence-corrected chi connectivity index (χ1v) is 8.91. The summed E-state index contributed by atoms with van der Waals surface area (Å²) in [5.41, 5.74) is 0.000842. The number of nitrogens with zero attached hydrogens (tertiary/aromatic N) is 2. The molecule has 2 rings (SSSR count). The Morgan fingerprint density at radius 2 is 1.67 bits per heavy atom. The lowest BCUT2D eigenvalue weighted by Crippen LogP contribution is -2.53. The molecule has 1 aromatic rings. The topological polar surface area (TPSA) is 79.0 Å². The van der Waals surface area contributed by atoms with Crippen molar-refractivity contribution in [2.24, 2.45) is 0 Å². The lowest BCUT2D eigenvalue weighted by molar-refractivity contribution is -0.138. The molecule has 0 aliphatic carbocycles. The van der Waals surface area contributed by atoms with Crippen LogP contribution in [0.25, 0.3) is 0 Å². The fraction of sp³-hybridized carbons (Fsp3) is 0.526. The summed E-state index contributed by atoms with van der Waals surface area (Å²) >= 11 is 0. The van der Waals surface area contributed by atoms with E-state index in [1.807, 2.05) is 0 Å². The number of ether oxygens (including phenoxy) is 1. The molecule has 0 spiro atoms. The molecule has 0 aromatic heterocycles. The molecule has 0 saturated carbocycles. The Balaban J connectivity index is 1.75. The van der Waals surface area contributed by atoms with Gasteiger partial charge in [-0.3, -0.25) is 9.59 Å². The van der Waals surface area contributed by atoms with Crippen molar-refractivity contribution in [3.8, 4) is 0 Å². The van der Waals surface area contributed by atoms with Gasteiger partial charge in [0.05, 0.1) is 6.42 Å². The smallest absolute Gasteiger partial charge is 0.408 e. The van der Waals surface area contributed by atoms with Crippen molar-refractivity contribution in [3.05, 3.63) is 35.6 Å². The third-order valence-electron chi connectivity index (χ3n) is 4.01. The molecule has 27 heavy (non-hydrogen) atoms. The molecule has 8 heteroatoms. The van der Waals surface area contributed by atoms with Crippen molar-refractivity contribution < 1.29 is 23.5 Å². The molecule has 1 fully saturated rings. The van der Waals surface area contributed by atoms with Crippen molar-refractivity contribution in [2.75, 3.05) is 32.7 Å². The van der Waals surface area contributed by atoms with Gasteiger partial charge in [-0.15, -0.1) is 0 Å². The highest BCUT2D eigenvalue weighted by Crippen LogP contribution is 2.09. The van der Waals surface area contributed by atoms with Gasteiger partial charge in [0.2, 0.25) is 11.8 Å². The molecule has 0 atom stereocenters. The maximum Gasteiger partial charge on any atom is 0.408 e. The SMILES string of the molecule is CC(C)(C)OC(=O)NCC(=O)N1CCN(C(=O)Cc2cccc(F)c2)CC1. The molecule has 1 saturated heterocycles. The Hall–Kier alpha value is -2.64. The Bertz CT molecular complexity index is 694. The first kappa shape index (κ1) is 20.7. The van der Waals surface area contributed by atoms with Crippen molar-refractivity contribution in [1.29, 1.82) is 0 Å². The van der Waals surface area contributed by atoms with Crippen LogP contribution in [0.15, 0.2) is 24.3 Å². The van der Waals surface area contributed by atoms with E-state index in [4.69, 9.17) is 4.74 Å². The van der Waals surface area contributed by atoms with E-state index in [2.05, 4.69) is 5.32 Å². The minimum atomic E-state index is -0.639. The number of halogens is 1. The maximum atomic E-state index is 13.2. The van der Waals surface area contributed by atoms with Gasteiger partial charge < -0.3 is 19.9 Å². The standard InChI is InChI=1S/C19H26FN3O4/c1-19(2,3)27-18(26)21-13-17(25)23-9-7-22(8-10-23)16(24)12-14-5-4-6-15(20)11-14/h4-6,11H,7-10,12-13H2,1-3H3,(H,21,26). The van der Waals surface area contributed by atoms with Gasteiger partial charge in [-0.2, -0.15) is 0 Å². The summed E-state index contributed by atoms with van der Waals surface area (Å²) in [5, 5.41) is 2.44. The van der Waals surface area contributed by atoms with Crippen LogP contribution in [0.4, 0.5) is 9.18 Å². The zero-order valence-corrected chi connectivity index (χ0v) is 16.0. The fourth-order valence-corrected chi connectivity index (χ4v) is 2.71.